The van der Waals surface area contributed by atoms with Crippen molar-refractivity contribution in [3.63, 3.8) is 0 Å². The Balaban J connectivity index is 1.63. The molecule has 3 rings (SSSR count). The molecule has 0 unspecified atom stereocenters. The molecule has 9 heteroatoms. The van der Waals surface area contributed by atoms with E-state index in [1.54, 1.807) is 13.2 Å². The van der Waals surface area contributed by atoms with Crippen LogP contribution in [0.3, 0.4) is 0 Å². The van der Waals surface area contributed by atoms with E-state index in [0.29, 0.717) is 34.1 Å². The highest BCUT2D eigenvalue weighted by Gasteiger charge is 2.13. The van der Waals surface area contributed by atoms with E-state index in [9.17, 15) is 9.59 Å². The molecule has 2 heterocycles. The Morgan fingerprint density at radius 2 is 2.13 bits per heavy atom. The van der Waals surface area contributed by atoms with Crippen LogP contribution in [0.25, 0.3) is 10.2 Å². The summed E-state index contributed by atoms with van der Waals surface area (Å²) in [7, 11) is 1.58. The van der Waals surface area contributed by atoms with Crippen molar-refractivity contribution < 1.29 is 14.3 Å². The highest BCUT2D eigenvalue weighted by molar-refractivity contribution is 7.18. The van der Waals surface area contributed by atoms with Crippen molar-refractivity contribution in [2.45, 2.75) is 40.0 Å². The van der Waals surface area contributed by atoms with E-state index in [4.69, 9.17) is 9.47 Å². The van der Waals surface area contributed by atoms with Crippen molar-refractivity contribution in [3.8, 4) is 11.5 Å². The summed E-state index contributed by atoms with van der Waals surface area (Å²) in [6.07, 6.45) is 3.46. The van der Waals surface area contributed by atoms with Gasteiger partial charge in [0.25, 0.3) is 5.56 Å². The molecule has 0 radical (unpaired) electrons. The average molecular weight is 443 g/mol. The zero-order valence-corrected chi connectivity index (χ0v) is 18.9. The van der Waals surface area contributed by atoms with Gasteiger partial charge in [0.2, 0.25) is 5.91 Å². The third-order valence-corrected chi connectivity index (χ3v) is 5.86. The molecule has 2 aromatic heterocycles. The van der Waals surface area contributed by atoms with E-state index >= 15 is 0 Å². The number of nitrogens with zero attached hydrogens (tertiary/aromatic N) is 2. The number of aryl methyl sites for hydroxylation is 2. The Labute approximate surface area is 184 Å². The summed E-state index contributed by atoms with van der Waals surface area (Å²) in [5.74, 6) is 1.20. The number of nitrogens with one attached hydrogen (secondary N) is 2. The van der Waals surface area contributed by atoms with Crippen LogP contribution in [0.2, 0.25) is 0 Å². The van der Waals surface area contributed by atoms with Gasteiger partial charge >= 0.3 is 0 Å². The van der Waals surface area contributed by atoms with E-state index in [1.807, 2.05) is 26.0 Å². The molecule has 0 saturated carbocycles. The van der Waals surface area contributed by atoms with Crippen LogP contribution in [0.4, 0.5) is 0 Å². The predicted octanol–water partition coefficient (Wildman–Crippen LogP) is 3.48. The second-order valence-electron chi connectivity index (χ2n) is 7.06. The molecule has 0 aliphatic heterocycles. The summed E-state index contributed by atoms with van der Waals surface area (Å²) >= 11 is 1.45. The fourth-order valence-electron chi connectivity index (χ4n) is 2.96. The first-order valence-corrected chi connectivity index (χ1v) is 10.9. The molecule has 0 fully saturated rings. The summed E-state index contributed by atoms with van der Waals surface area (Å²) in [4.78, 5) is 33.3. The average Bonchev–Trinajstić information content (AvgIpc) is 3.02. The van der Waals surface area contributed by atoms with Gasteiger partial charge in [-0.1, -0.05) is 13.3 Å². The zero-order valence-electron chi connectivity index (χ0n) is 18.1. The highest BCUT2D eigenvalue weighted by atomic mass is 32.1. The first kappa shape index (κ1) is 22.5. The van der Waals surface area contributed by atoms with Gasteiger partial charge in [0.1, 0.15) is 10.7 Å². The number of H-pyrrole nitrogens is 1. The number of rotatable bonds is 9. The standard InChI is InChI=1S/C22H26N4O4S/c1-5-6-9-30-16-8-7-15(10-17(16)29-4)12-23-26-19(27)11-18-24-21(28)20-13(2)14(3)31-22(20)25-18/h7-8,10,12H,5-6,9,11H2,1-4H3,(H,26,27)(H,24,25,28)/b23-12+. The smallest absolute Gasteiger partial charge is 0.259 e. The van der Waals surface area contributed by atoms with Crippen LogP contribution >= 0.6 is 11.3 Å². The minimum atomic E-state index is -0.379. The molecular formula is C22H26N4O4S. The van der Waals surface area contributed by atoms with E-state index in [0.717, 1.165) is 28.8 Å². The number of aromatic amines is 1. The zero-order chi connectivity index (χ0) is 22.4. The minimum Gasteiger partial charge on any atom is -0.493 e. The van der Waals surface area contributed by atoms with Crippen LogP contribution in [0, 0.1) is 13.8 Å². The number of ether oxygens (including phenoxy) is 2. The lowest BCUT2D eigenvalue weighted by atomic mass is 10.2. The van der Waals surface area contributed by atoms with Crippen molar-refractivity contribution in [2.75, 3.05) is 13.7 Å². The number of hydrazone groups is 1. The van der Waals surface area contributed by atoms with Gasteiger partial charge in [0.15, 0.2) is 11.5 Å². The third kappa shape index (κ3) is 5.49. The third-order valence-electron chi connectivity index (χ3n) is 4.76. The Kier molecular flexibility index (Phi) is 7.41. The molecule has 0 aliphatic carbocycles. The van der Waals surface area contributed by atoms with Crippen LogP contribution < -0.4 is 20.5 Å². The predicted molar refractivity (Wildman–Crippen MR) is 123 cm³/mol. The Bertz CT molecular complexity index is 1170. The topological polar surface area (TPSA) is 106 Å². The number of amides is 1. The number of unbranched alkanes of at least 4 members (excludes halogenated alkanes) is 1. The summed E-state index contributed by atoms with van der Waals surface area (Å²) in [6.45, 7) is 6.57. The van der Waals surface area contributed by atoms with Crippen LogP contribution in [0.5, 0.6) is 11.5 Å². The lowest BCUT2D eigenvalue weighted by Crippen LogP contribution is -2.23. The van der Waals surface area contributed by atoms with Gasteiger partial charge in [0, 0.05) is 4.88 Å². The van der Waals surface area contributed by atoms with Crippen LogP contribution in [-0.2, 0) is 11.2 Å². The molecule has 164 valence electrons. The van der Waals surface area contributed by atoms with E-state index in [-0.39, 0.29) is 17.9 Å². The molecule has 8 nitrogen and oxygen atoms in total. The fourth-order valence-corrected chi connectivity index (χ4v) is 4.01. The molecule has 0 atom stereocenters. The minimum absolute atomic E-state index is 0.0773. The van der Waals surface area contributed by atoms with Gasteiger partial charge in [-0.15, -0.1) is 11.3 Å². The Hall–Kier alpha value is -3.20. The van der Waals surface area contributed by atoms with Gasteiger partial charge in [-0.05, 0) is 49.6 Å². The van der Waals surface area contributed by atoms with Crippen LogP contribution in [0.1, 0.15) is 41.6 Å². The highest BCUT2D eigenvalue weighted by Crippen LogP contribution is 2.28. The number of methoxy groups -OCH3 is 1. The molecule has 0 aliphatic rings. The van der Waals surface area contributed by atoms with Crippen molar-refractivity contribution in [1.82, 2.24) is 15.4 Å². The molecule has 1 aromatic carbocycles. The summed E-state index contributed by atoms with van der Waals surface area (Å²) in [5.41, 5.74) is 3.90. The monoisotopic (exact) mass is 442 g/mol. The van der Waals surface area contributed by atoms with Gasteiger partial charge in [-0.2, -0.15) is 5.10 Å². The maximum Gasteiger partial charge on any atom is 0.259 e. The van der Waals surface area contributed by atoms with E-state index in [1.165, 1.54) is 17.6 Å². The Morgan fingerprint density at radius 1 is 1.32 bits per heavy atom. The van der Waals surface area contributed by atoms with Crippen LogP contribution in [-0.4, -0.2) is 35.8 Å². The number of aromatic nitrogens is 2. The van der Waals surface area contributed by atoms with Crippen molar-refractivity contribution in [1.29, 1.82) is 0 Å². The normalized spacial score (nSPS) is 11.2. The van der Waals surface area contributed by atoms with Crippen LogP contribution in [0.15, 0.2) is 28.1 Å². The lowest BCUT2D eigenvalue weighted by Gasteiger charge is -2.10. The first-order valence-electron chi connectivity index (χ1n) is 10.0. The molecule has 31 heavy (non-hydrogen) atoms. The number of thiophene rings is 1. The summed E-state index contributed by atoms with van der Waals surface area (Å²) in [5, 5.41) is 4.57. The van der Waals surface area contributed by atoms with E-state index < -0.39 is 0 Å². The van der Waals surface area contributed by atoms with Gasteiger partial charge < -0.3 is 14.5 Å². The molecule has 3 aromatic rings. The van der Waals surface area contributed by atoms with Gasteiger partial charge in [-0.3, -0.25) is 9.59 Å². The quantitative estimate of drug-likeness (QED) is 0.300. The molecule has 0 bridgehead atoms. The summed E-state index contributed by atoms with van der Waals surface area (Å²) < 4.78 is 11.1. The molecular weight excluding hydrogens is 416 g/mol. The second kappa shape index (κ2) is 10.2. The maximum atomic E-state index is 12.3. The number of hydrogen-bond acceptors (Lipinski definition) is 7. The largest absolute Gasteiger partial charge is 0.493 e. The first-order chi connectivity index (χ1) is 14.9. The number of carbonyl (C=O) groups is 1. The molecule has 0 spiro atoms. The second-order valence-corrected chi connectivity index (χ2v) is 8.26. The van der Waals surface area contributed by atoms with Gasteiger partial charge in [0.05, 0.1) is 31.7 Å². The Morgan fingerprint density at radius 3 is 2.87 bits per heavy atom. The summed E-state index contributed by atoms with van der Waals surface area (Å²) in [6, 6.07) is 5.42. The van der Waals surface area contributed by atoms with E-state index in [2.05, 4.69) is 27.4 Å². The number of benzene rings is 1. The molecule has 1 amide bonds. The lowest BCUT2D eigenvalue weighted by molar-refractivity contribution is -0.120. The number of fused-ring (bicyclic) bond motifs is 1. The number of hydrogen-bond donors (Lipinski definition) is 2. The molecule has 2 N–H and O–H groups in total. The molecule has 0 saturated heterocycles. The maximum absolute atomic E-state index is 12.3. The number of carbonyl (C=O) groups excluding carboxylic acids is 1. The fraction of sp³-hybridized carbons (Fsp3) is 0.364. The SMILES string of the molecule is CCCCOc1ccc(/C=N/NC(=O)Cc2nc3sc(C)c(C)c3c(=O)[nH]2)cc1OC. The van der Waals surface area contributed by atoms with Crippen molar-refractivity contribution in [3.05, 3.63) is 50.4 Å². The van der Waals surface area contributed by atoms with Gasteiger partial charge in [-0.25, -0.2) is 10.4 Å². The van der Waals surface area contributed by atoms with Crippen molar-refractivity contribution in [2.24, 2.45) is 5.10 Å². The van der Waals surface area contributed by atoms with Crippen molar-refractivity contribution >= 4 is 33.7 Å².